The van der Waals surface area contributed by atoms with E-state index in [0.717, 1.165) is 22.0 Å². The average Bonchev–Trinajstić information content (AvgIpc) is 2.77. The minimum atomic E-state index is -0.765. The molecule has 0 aliphatic heterocycles. The summed E-state index contributed by atoms with van der Waals surface area (Å²) in [6, 6.07) is 0.578. The standard InChI is InChI=1S/C14H18N6O2S/c1-6-5-7(2)17-12(16-6)10-8(3)19-14(23-10)20-13(22)18-9(4)11(15)21/h5,9H,1-4H3,(H2,15,21)(H2,18,19,20,22)/t9-/m0/s1. The van der Waals surface area contributed by atoms with Gasteiger partial charge in [-0.25, -0.2) is 19.7 Å². The van der Waals surface area contributed by atoms with Crippen LogP contribution in [0.2, 0.25) is 0 Å². The lowest BCUT2D eigenvalue weighted by Gasteiger charge is -2.09. The Bertz CT molecular complexity index is 737. The third kappa shape index (κ3) is 4.22. The molecule has 0 unspecified atom stereocenters. The van der Waals surface area contributed by atoms with Gasteiger partial charge in [-0.15, -0.1) is 0 Å². The molecule has 2 rings (SSSR count). The highest BCUT2D eigenvalue weighted by Gasteiger charge is 2.16. The van der Waals surface area contributed by atoms with Crippen LogP contribution in [-0.2, 0) is 4.79 Å². The molecular weight excluding hydrogens is 316 g/mol. The summed E-state index contributed by atoms with van der Waals surface area (Å²) >= 11 is 1.27. The predicted molar refractivity (Wildman–Crippen MR) is 88.2 cm³/mol. The molecule has 8 nitrogen and oxygen atoms in total. The first-order chi connectivity index (χ1) is 10.8. The number of aromatic nitrogens is 3. The molecule has 0 bridgehead atoms. The van der Waals surface area contributed by atoms with Gasteiger partial charge in [-0.3, -0.25) is 10.1 Å². The number of rotatable bonds is 4. The molecule has 2 aromatic heterocycles. The molecule has 0 fully saturated rings. The Kier molecular flexibility index (Phi) is 4.89. The highest BCUT2D eigenvalue weighted by atomic mass is 32.1. The van der Waals surface area contributed by atoms with Crippen LogP contribution in [0.15, 0.2) is 6.07 Å². The number of urea groups is 1. The maximum atomic E-state index is 11.8. The van der Waals surface area contributed by atoms with Crippen LogP contribution in [0.5, 0.6) is 0 Å². The number of thiazole rings is 1. The fourth-order valence-corrected chi connectivity index (χ4v) is 2.78. The largest absolute Gasteiger partial charge is 0.368 e. The van der Waals surface area contributed by atoms with Gasteiger partial charge < -0.3 is 11.1 Å². The van der Waals surface area contributed by atoms with Crippen molar-refractivity contribution in [1.82, 2.24) is 20.3 Å². The van der Waals surface area contributed by atoms with Crippen LogP contribution in [0, 0.1) is 20.8 Å². The van der Waals surface area contributed by atoms with Gasteiger partial charge in [0.25, 0.3) is 0 Å². The zero-order valence-electron chi connectivity index (χ0n) is 13.3. The van der Waals surface area contributed by atoms with E-state index in [4.69, 9.17) is 5.73 Å². The lowest BCUT2D eigenvalue weighted by Crippen LogP contribution is -2.44. The van der Waals surface area contributed by atoms with Crippen molar-refractivity contribution in [3.63, 3.8) is 0 Å². The second-order valence-electron chi connectivity index (χ2n) is 5.13. The Morgan fingerprint density at radius 2 is 1.78 bits per heavy atom. The van der Waals surface area contributed by atoms with Crippen molar-refractivity contribution in [3.05, 3.63) is 23.1 Å². The second-order valence-corrected chi connectivity index (χ2v) is 6.13. The Morgan fingerprint density at radius 3 is 2.35 bits per heavy atom. The molecule has 23 heavy (non-hydrogen) atoms. The molecule has 122 valence electrons. The fourth-order valence-electron chi connectivity index (χ4n) is 1.89. The van der Waals surface area contributed by atoms with Gasteiger partial charge in [0, 0.05) is 11.4 Å². The van der Waals surface area contributed by atoms with Crippen LogP contribution in [0.3, 0.4) is 0 Å². The maximum Gasteiger partial charge on any atom is 0.321 e. The fraction of sp³-hybridized carbons (Fsp3) is 0.357. The van der Waals surface area contributed by atoms with Gasteiger partial charge in [-0.2, -0.15) is 0 Å². The van der Waals surface area contributed by atoms with Crippen LogP contribution >= 0.6 is 11.3 Å². The number of nitrogens with two attached hydrogens (primary N) is 1. The molecule has 0 aromatic carbocycles. The summed E-state index contributed by atoms with van der Waals surface area (Å²) in [5.41, 5.74) is 7.55. The van der Waals surface area contributed by atoms with Crippen LogP contribution in [-0.4, -0.2) is 32.9 Å². The first kappa shape index (κ1) is 16.8. The molecule has 3 amide bonds. The number of primary amides is 1. The van der Waals surface area contributed by atoms with Crippen molar-refractivity contribution in [1.29, 1.82) is 0 Å². The summed E-state index contributed by atoms with van der Waals surface area (Å²) < 4.78 is 0. The summed E-state index contributed by atoms with van der Waals surface area (Å²) in [5.74, 6) is -0.0312. The van der Waals surface area contributed by atoms with Crippen LogP contribution in [0.1, 0.15) is 24.0 Å². The van der Waals surface area contributed by atoms with Gasteiger partial charge in [0.2, 0.25) is 5.91 Å². The highest BCUT2D eigenvalue weighted by molar-refractivity contribution is 7.19. The molecular formula is C14H18N6O2S. The van der Waals surface area contributed by atoms with Gasteiger partial charge in [0.05, 0.1) is 10.6 Å². The minimum Gasteiger partial charge on any atom is -0.368 e. The number of hydrogen-bond donors (Lipinski definition) is 3. The Hall–Kier alpha value is -2.55. The van der Waals surface area contributed by atoms with E-state index >= 15 is 0 Å². The number of hydrogen-bond acceptors (Lipinski definition) is 6. The monoisotopic (exact) mass is 334 g/mol. The van der Waals surface area contributed by atoms with Gasteiger partial charge in [0.15, 0.2) is 11.0 Å². The molecule has 0 saturated carbocycles. The SMILES string of the molecule is Cc1cc(C)nc(-c2sc(NC(=O)N[C@@H](C)C(N)=O)nc2C)n1. The first-order valence-electron chi connectivity index (χ1n) is 6.93. The molecule has 9 heteroatoms. The normalized spacial score (nSPS) is 11.8. The molecule has 2 heterocycles. The topological polar surface area (TPSA) is 123 Å². The molecule has 0 spiro atoms. The number of nitrogens with one attached hydrogen (secondary N) is 2. The number of aryl methyl sites for hydroxylation is 3. The summed E-state index contributed by atoms with van der Waals surface area (Å²) in [4.78, 5) is 36.6. The molecule has 0 aliphatic rings. The van der Waals surface area contributed by atoms with Crippen molar-refractivity contribution >= 4 is 28.4 Å². The second kappa shape index (κ2) is 6.69. The summed E-state index contributed by atoms with van der Waals surface area (Å²) in [6.45, 7) is 7.12. The van der Waals surface area contributed by atoms with Crippen molar-refractivity contribution in [2.75, 3.05) is 5.32 Å². The summed E-state index contributed by atoms with van der Waals surface area (Å²) in [6.07, 6.45) is 0. The number of anilines is 1. The smallest absolute Gasteiger partial charge is 0.321 e. The van der Waals surface area contributed by atoms with Crippen molar-refractivity contribution in [2.45, 2.75) is 33.7 Å². The van der Waals surface area contributed by atoms with E-state index in [-0.39, 0.29) is 0 Å². The van der Waals surface area contributed by atoms with E-state index < -0.39 is 18.0 Å². The van der Waals surface area contributed by atoms with Gasteiger partial charge >= 0.3 is 6.03 Å². The molecule has 1 atom stereocenters. The van der Waals surface area contributed by atoms with Crippen LogP contribution < -0.4 is 16.4 Å². The molecule has 2 aromatic rings. The summed E-state index contributed by atoms with van der Waals surface area (Å²) in [7, 11) is 0. The average molecular weight is 334 g/mol. The molecule has 0 saturated heterocycles. The van der Waals surface area contributed by atoms with Crippen molar-refractivity contribution < 1.29 is 9.59 Å². The van der Waals surface area contributed by atoms with E-state index in [2.05, 4.69) is 25.6 Å². The quantitative estimate of drug-likeness (QED) is 0.782. The number of carbonyl (C=O) groups excluding carboxylic acids is 2. The molecule has 0 aliphatic carbocycles. The predicted octanol–water partition coefficient (Wildman–Crippen LogP) is 1.52. The number of amides is 3. The minimum absolute atomic E-state index is 0.398. The number of nitrogens with zero attached hydrogens (tertiary/aromatic N) is 3. The van der Waals surface area contributed by atoms with Crippen LogP contribution in [0.4, 0.5) is 9.93 Å². The van der Waals surface area contributed by atoms with E-state index in [1.54, 1.807) is 0 Å². The first-order valence-corrected chi connectivity index (χ1v) is 7.75. The van der Waals surface area contributed by atoms with E-state index in [1.807, 2.05) is 26.8 Å². The lowest BCUT2D eigenvalue weighted by atomic mass is 10.3. The van der Waals surface area contributed by atoms with Crippen LogP contribution in [0.25, 0.3) is 10.7 Å². The van der Waals surface area contributed by atoms with Gasteiger partial charge in [-0.1, -0.05) is 11.3 Å². The highest BCUT2D eigenvalue weighted by Crippen LogP contribution is 2.30. The Morgan fingerprint density at radius 1 is 1.17 bits per heavy atom. The molecule has 4 N–H and O–H groups in total. The Balaban J connectivity index is 2.18. The Labute approximate surface area is 137 Å². The van der Waals surface area contributed by atoms with Crippen molar-refractivity contribution in [3.8, 4) is 10.7 Å². The van der Waals surface area contributed by atoms with E-state index in [0.29, 0.717) is 11.0 Å². The third-order valence-corrected chi connectivity index (χ3v) is 4.05. The zero-order chi connectivity index (χ0) is 17.1. The maximum absolute atomic E-state index is 11.8. The number of carbonyl (C=O) groups is 2. The molecule has 0 radical (unpaired) electrons. The van der Waals surface area contributed by atoms with Gasteiger partial charge in [-0.05, 0) is 33.8 Å². The summed E-state index contributed by atoms with van der Waals surface area (Å²) in [5, 5.41) is 5.40. The van der Waals surface area contributed by atoms with Crippen molar-refractivity contribution in [2.24, 2.45) is 5.73 Å². The van der Waals surface area contributed by atoms with E-state index in [1.165, 1.54) is 18.3 Å². The van der Waals surface area contributed by atoms with Gasteiger partial charge in [0.1, 0.15) is 6.04 Å². The zero-order valence-corrected chi connectivity index (χ0v) is 14.1. The van der Waals surface area contributed by atoms with E-state index in [9.17, 15) is 9.59 Å². The lowest BCUT2D eigenvalue weighted by molar-refractivity contribution is -0.119. The third-order valence-electron chi connectivity index (χ3n) is 2.98.